The molecule has 1 aliphatic heterocycles. The van der Waals surface area contributed by atoms with Crippen LogP contribution < -0.4 is 15.4 Å². The predicted molar refractivity (Wildman–Crippen MR) is 53.1 cm³/mol. The molecule has 1 aromatic rings. The van der Waals surface area contributed by atoms with Gasteiger partial charge in [0.05, 0.1) is 6.04 Å². The molecule has 1 aromatic carbocycles. The van der Waals surface area contributed by atoms with Crippen molar-refractivity contribution >= 4 is 5.69 Å². The van der Waals surface area contributed by atoms with Crippen LogP contribution in [-0.2, 0) is 0 Å². The summed E-state index contributed by atoms with van der Waals surface area (Å²) >= 11 is 0. The van der Waals surface area contributed by atoms with Crippen LogP contribution in [0.15, 0.2) is 12.1 Å². The number of likely N-dealkylation sites (N-methyl/N-ethyl adjacent to an activating group) is 1. The number of fused-ring (bicyclic) bond motifs is 1. The topological polar surface area (TPSA) is 38.5 Å². The van der Waals surface area contributed by atoms with Gasteiger partial charge in [0.2, 0.25) is 0 Å². The summed E-state index contributed by atoms with van der Waals surface area (Å²) in [6.45, 7) is 0.718. The molecule has 0 amide bonds. The molecular weight excluding hydrogens is 202 g/mol. The molecule has 0 saturated heterocycles. The van der Waals surface area contributed by atoms with Crippen LogP contribution in [0.4, 0.5) is 14.5 Å². The molecule has 5 heteroatoms. The molecule has 3 nitrogen and oxygen atoms in total. The normalized spacial score (nSPS) is 19.7. The second-order valence-electron chi connectivity index (χ2n) is 3.55. The molecule has 2 N–H and O–H groups in total. The lowest BCUT2D eigenvalue weighted by Crippen LogP contribution is -2.45. The molecule has 0 radical (unpaired) electrons. The lowest BCUT2D eigenvalue weighted by atomic mass is 10.1. The van der Waals surface area contributed by atoms with E-state index >= 15 is 0 Å². The van der Waals surface area contributed by atoms with Crippen LogP contribution in [0, 0.1) is 11.6 Å². The van der Waals surface area contributed by atoms with E-state index in [1.165, 1.54) is 6.07 Å². The monoisotopic (exact) mass is 214 g/mol. The van der Waals surface area contributed by atoms with E-state index in [0.717, 1.165) is 6.07 Å². The van der Waals surface area contributed by atoms with Gasteiger partial charge < -0.3 is 15.4 Å². The van der Waals surface area contributed by atoms with Crippen molar-refractivity contribution in [2.45, 2.75) is 6.04 Å². The third kappa shape index (κ3) is 1.63. The standard InChI is InChI=1S/C10H12F2N2O/c1-14-7(4-13)5-15-9-3-6(11)2-8(12)10(9)14/h2-3,7H,4-5,13H2,1H3. The van der Waals surface area contributed by atoms with Crippen molar-refractivity contribution < 1.29 is 13.5 Å². The summed E-state index contributed by atoms with van der Waals surface area (Å²) in [6.07, 6.45) is 0. The minimum atomic E-state index is -0.633. The minimum Gasteiger partial charge on any atom is -0.489 e. The van der Waals surface area contributed by atoms with Gasteiger partial charge in [0.1, 0.15) is 23.9 Å². The quantitative estimate of drug-likeness (QED) is 0.761. The Bertz CT molecular complexity index is 384. The fourth-order valence-corrected chi connectivity index (χ4v) is 1.70. The van der Waals surface area contributed by atoms with E-state index in [1.54, 1.807) is 11.9 Å². The van der Waals surface area contributed by atoms with Gasteiger partial charge >= 0.3 is 0 Å². The lowest BCUT2D eigenvalue weighted by Gasteiger charge is -2.35. The Kier molecular flexibility index (Phi) is 2.48. The fraction of sp³-hybridized carbons (Fsp3) is 0.400. The van der Waals surface area contributed by atoms with Gasteiger partial charge in [-0.1, -0.05) is 0 Å². The van der Waals surface area contributed by atoms with Crippen LogP contribution >= 0.6 is 0 Å². The van der Waals surface area contributed by atoms with Crippen LogP contribution in [-0.4, -0.2) is 26.2 Å². The van der Waals surface area contributed by atoms with Crippen LogP contribution in [0.25, 0.3) is 0 Å². The van der Waals surface area contributed by atoms with Crippen LogP contribution in [0.3, 0.4) is 0 Å². The Balaban J connectivity index is 2.47. The first-order chi connectivity index (χ1) is 7.13. The third-order valence-electron chi connectivity index (χ3n) is 2.60. The number of hydrogen-bond acceptors (Lipinski definition) is 3. The van der Waals surface area contributed by atoms with Crippen molar-refractivity contribution in [3.05, 3.63) is 23.8 Å². The number of hydrogen-bond donors (Lipinski definition) is 1. The molecule has 1 heterocycles. The van der Waals surface area contributed by atoms with Gasteiger partial charge in [0.25, 0.3) is 0 Å². The number of halogens is 2. The van der Waals surface area contributed by atoms with E-state index in [4.69, 9.17) is 10.5 Å². The molecule has 15 heavy (non-hydrogen) atoms. The number of rotatable bonds is 1. The zero-order valence-electron chi connectivity index (χ0n) is 8.34. The maximum atomic E-state index is 13.5. The molecule has 0 aromatic heterocycles. The van der Waals surface area contributed by atoms with Gasteiger partial charge in [-0.3, -0.25) is 0 Å². The van der Waals surface area contributed by atoms with Crippen molar-refractivity contribution in [2.75, 3.05) is 25.1 Å². The van der Waals surface area contributed by atoms with Crippen molar-refractivity contribution in [3.63, 3.8) is 0 Å². The molecule has 0 bridgehead atoms. The first-order valence-corrected chi connectivity index (χ1v) is 4.68. The molecule has 0 aliphatic carbocycles. The van der Waals surface area contributed by atoms with Crippen LogP contribution in [0.1, 0.15) is 0 Å². The van der Waals surface area contributed by atoms with Gasteiger partial charge in [-0.05, 0) is 0 Å². The zero-order valence-corrected chi connectivity index (χ0v) is 8.34. The van der Waals surface area contributed by atoms with Crippen molar-refractivity contribution in [3.8, 4) is 5.75 Å². The summed E-state index contributed by atoms with van der Waals surface area (Å²) in [5.41, 5.74) is 5.79. The average Bonchev–Trinajstić information content (AvgIpc) is 2.17. The van der Waals surface area contributed by atoms with Gasteiger partial charge in [0, 0.05) is 25.7 Å². The summed E-state index contributed by atoms with van der Waals surface area (Å²) in [4.78, 5) is 1.69. The van der Waals surface area contributed by atoms with E-state index in [0.29, 0.717) is 13.2 Å². The van der Waals surface area contributed by atoms with Crippen molar-refractivity contribution in [1.29, 1.82) is 0 Å². The first-order valence-electron chi connectivity index (χ1n) is 4.68. The third-order valence-corrected chi connectivity index (χ3v) is 2.60. The fourth-order valence-electron chi connectivity index (χ4n) is 1.70. The summed E-state index contributed by atoms with van der Waals surface area (Å²) in [5, 5.41) is 0. The highest BCUT2D eigenvalue weighted by atomic mass is 19.1. The molecular formula is C10H12F2N2O. The van der Waals surface area contributed by atoms with Gasteiger partial charge in [-0.25, -0.2) is 8.78 Å². The highest BCUT2D eigenvalue weighted by molar-refractivity contribution is 5.61. The number of anilines is 1. The number of ether oxygens (including phenoxy) is 1. The van der Waals surface area contributed by atoms with Crippen LogP contribution in [0.5, 0.6) is 5.75 Å². The molecule has 82 valence electrons. The smallest absolute Gasteiger partial charge is 0.153 e. The maximum absolute atomic E-state index is 13.5. The van der Waals surface area contributed by atoms with Crippen molar-refractivity contribution in [1.82, 2.24) is 0 Å². The summed E-state index contributed by atoms with van der Waals surface area (Å²) < 4.78 is 31.6. The largest absolute Gasteiger partial charge is 0.489 e. The molecule has 0 saturated carbocycles. The Morgan fingerprint density at radius 3 is 2.93 bits per heavy atom. The molecule has 1 aliphatic rings. The number of nitrogens with two attached hydrogens (primary N) is 1. The maximum Gasteiger partial charge on any atom is 0.153 e. The molecule has 2 rings (SSSR count). The average molecular weight is 214 g/mol. The first kappa shape index (κ1) is 10.2. The molecule has 0 spiro atoms. The van der Waals surface area contributed by atoms with E-state index in [9.17, 15) is 8.78 Å². The second-order valence-corrected chi connectivity index (χ2v) is 3.55. The van der Waals surface area contributed by atoms with Gasteiger partial charge in [-0.15, -0.1) is 0 Å². The number of nitrogens with zero attached hydrogens (tertiary/aromatic N) is 1. The summed E-state index contributed by atoms with van der Waals surface area (Å²) in [7, 11) is 1.72. The predicted octanol–water partition coefficient (Wildman–Crippen LogP) is 1.12. The highest BCUT2D eigenvalue weighted by Crippen LogP contribution is 2.35. The molecule has 1 unspecified atom stereocenters. The Labute approximate surface area is 86.4 Å². The number of benzene rings is 1. The minimum absolute atomic E-state index is 0.0718. The van der Waals surface area contributed by atoms with Gasteiger partial charge in [0.15, 0.2) is 5.82 Å². The lowest BCUT2D eigenvalue weighted by molar-refractivity contribution is 0.265. The SMILES string of the molecule is CN1c2c(F)cc(F)cc2OCC1CN. The highest BCUT2D eigenvalue weighted by Gasteiger charge is 2.27. The van der Waals surface area contributed by atoms with Crippen molar-refractivity contribution in [2.24, 2.45) is 5.73 Å². The molecule has 1 atom stereocenters. The second kappa shape index (κ2) is 3.66. The van der Waals surface area contributed by atoms with E-state index < -0.39 is 11.6 Å². The Morgan fingerprint density at radius 1 is 1.53 bits per heavy atom. The van der Waals surface area contributed by atoms with E-state index in [-0.39, 0.29) is 17.5 Å². The van der Waals surface area contributed by atoms with E-state index in [1.807, 2.05) is 0 Å². The summed E-state index contributed by atoms with van der Waals surface area (Å²) in [5.74, 6) is -1.02. The zero-order chi connectivity index (χ0) is 11.0. The Hall–Kier alpha value is -1.36. The van der Waals surface area contributed by atoms with Gasteiger partial charge in [-0.2, -0.15) is 0 Å². The summed E-state index contributed by atoms with van der Waals surface area (Å²) in [6, 6.07) is 1.96. The van der Waals surface area contributed by atoms with Crippen LogP contribution in [0.2, 0.25) is 0 Å². The molecule has 0 fully saturated rings. The van der Waals surface area contributed by atoms with E-state index in [2.05, 4.69) is 0 Å². The Morgan fingerprint density at radius 2 is 2.27 bits per heavy atom.